The van der Waals surface area contributed by atoms with Crippen LogP contribution in [0.15, 0.2) is 89.4 Å². The van der Waals surface area contributed by atoms with Gasteiger partial charge in [0, 0.05) is 23.5 Å². The third kappa shape index (κ3) is 7.43. The Bertz CT molecular complexity index is 1080. The highest BCUT2D eigenvalue weighted by Crippen LogP contribution is 2.21. The Morgan fingerprint density at radius 1 is 0.886 bits per heavy atom. The van der Waals surface area contributed by atoms with Crippen LogP contribution in [0.4, 0.5) is 0 Å². The molecule has 0 aromatic heterocycles. The molecule has 5 nitrogen and oxygen atoms in total. The van der Waals surface area contributed by atoms with E-state index in [0.717, 1.165) is 41.3 Å². The molecule has 1 aliphatic carbocycles. The van der Waals surface area contributed by atoms with E-state index in [-0.39, 0.29) is 24.5 Å². The lowest BCUT2D eigenvalue weighted by Crippen LogP contribution is -2.53. The molecule has 0 radical (unpaired) electrons. The molecule has 6 heteroatoms. The van der Waals surface area contributed by atoms with Gasteiger partial charge in [-0.2, -0.15) is 0 Å². The van der Waals surface area contributed by atoms with E-state index in [1.807, 2.05) is 84.9 Å². The number of carbonyl (C=O) groups is 2. The fourth-order valence-corrected chi connectivity index (χ4v) is 4.72. The summed E-state index contributed by atoms with van der Waals surface area (Å²) in [5, 5.41) is 3.22. The van der Waals surface area contributed by atoms with Crippen molar-refractivity contribution in [1.82, 2.24) is 10.2 Å². The minimum absolute atomic E-state index is 0.106. The van der Waals surface area contributed by atoms with E-state index in [0.29, 0.717) is 18.7 Å². The van der Waals surface area contributed by atoms with Crippen molar-refractivity contribution in [2.75, 3.05) is 6.61 Å². The number of hydrogen-bond acceptors (Lipinski definition) is 3. The zero-order valence-corrected chi connectivity index (χ0v) is 21.3. The number of ether oxygens (including phenoxy) is 1. The second-order valence-electron chi connectivity index (χ2n) is 8.95. The molecule has 1 N–H and O–H groups in total. The largest absolute Gasteiger partial charge is 0.484 e. The first kappa shape index (κ1) is 25.0. The van der Waals surface area contributed by atoms with Crippen molar-refractivity contribution in [1.29, 1.82) is 0 Å². The van der Waals surface area contributed by atoms with Crippen LogP contribution in [0.3, 0.4) is 0 Å². The maximum atomic E-state index is 13.6. The van der Waals surface area contributed by atoms with Gasteiger partial charge in [0.15, 0.2) is 6.61 Å². The van der Waals surface area contributed by atoms with Gasteiger partial charge in [0.25, 0.3) is 5.91 Å². The second-order valence-corrected chi connectivity index (χ2v) is 9.86. The molecule has 35 heavy (non-hydrogen) atoms. The summed E-state index contributed by atoms with van der Waals surface area (Å²) >= 11 is 3.47. The standard InChI is InChI=1S/C29H31BrN2O3/c30-24-17-15-23(16-18-24)20-32(28(33)21-35-26-13-5-2-6-14-26)27(19-22-9-3-1-4-10-22)29(34)31-25-11-7-8-12-25/h1-6,9-10,13-18,25,27H,7-8,11-12,19-21H2,(H,31,34). The van der Waals surface area contributed by atoms with Crippen molar-refractivity contribution in [3.8, 4) is 5.75 Å². The van der Waals surface area contributed by atoms with Crippen molar-refractivity contribution in [3.63, 3.8) is 0 Å². The first-order valence-electron chi connectivity index (χ1n) is 12.1. The van der Waals surface area contributed by atoms with Crippen LogP contribution in [-0.2, 0) is 22.6 Å². The molecular weight excluding hydrogens is 504 g/mol. The molecule has 1 aliphatic rings. The predicted octanol–water partition coefficient (Wildman–Crippen LogP) is 5.53. The number of amides is 2. The minimum Gasteiger partial charge on any atom is -0.484 e. The average Bonchev–Trinajstić information content (AvgIpc) is 3.40. The van der Waals surface area contributed by atoms with Crippen LogP contribution in [-0.4, -0.2) is 35.4 Å². The van der Waals surface area contributed by atoms with Crippen LogP contribution in [0.5, 0.6) is 5.75 Å². The van der Waals surface area contributed by atoms with Gasteiger partial charge in [-0.1, -0.05) is 89.4 Å². The summed E-state index contributed by atoms with van der Waals surface area (Å²) in [6, 6.07) is 26.5. The van der Waals surface area contributed by atoms with E-state index < -0.39 is 6.04 Å². The third-order valence-electron chi connectivity index (χ3n) is 6.34. The number of halogens is 1. The fourth-order valence-electron chi connectivity index (χ4n) is 4.45. The van der Waals surface area contributed by atoms with E-state index in [1.54, 1.807) is 4.90 Å². The highest BCUT2D eigenvalue weighted by atomic mass is 79.9. The molecule has 0 aliphatic heterocycles. The van der Waals surface area contributed by atoms with Gasteiger partial charge >= 0.3 is 0 Å². The molecule has 1 atom stereocenters. The highest BCUT2D eigenvalue weighted by molar-refractivity contribution is 9.10. The normalized spacial score (nSPS) is 14.3. The summed E-state index contributed by atoms with van der Waals surface area (Å²) in [7, 11) is 0. The molecule has 182 valence electrons. The number of nitrogens with zero attached hydrogens (tertiary/aromatic N) is 1. The number of hydrogen-bond donors (Lipinski definition) is 1. The Balaban J connectivity index is 1.60. The smallest absolute Gasteiger partial charge is 0.261 e. The lowest BCUT2D eigenvalue weighted by molar-refractivity contribution is -0.143. The molecular formula is C29H31BrN2O3. The SMILES string of the molecule is O=C(NC1CCCC1)C(Cc1ccccc1)N(Cc1ccc(Br)cc1)C(=O)COc1ccccc1. The quantitative estimate of drug-likeness (QED) is 0.372. The molecule has 3 aromatic rings. The molecule has 1 unspecified atom stereocenters. The Morgan fingerprint density at radius 2 is 1.51 bits per heavy atom. The zero-order chi connectivity index (χ0) is 24.5. The summed E-state index contributed by atoms with van der Waals surface area (Å²) in [5.74, 6) is 0.296. The highest BCUT2D eigenvalue weighted by Gasteiger charge is 2.32. The van der Waals surface area contributed by atoms with E-state index in [4.69, 9.17) is 4.74 Å². The Kier molecular flexibility index (Phi) is 8.96. The summed E-state index contributed by atoms with van der Waals surface area (Å²) < 4.78 is 6.75. The fraction of sp³-hybridized carbons (Fsp3) is 0.310. The van der Waals surface area contributed by atoms with Crippen molar-refractivity contribution in [2.45, 2.75) is 50.7 Å². The number of benzene rings is 3. The van der Waals surface area contributed by atoms with Crippen LogP contribution >= 0.6 is 15.9 Å². The predicted molar refractivity (Wildman–Crippen MR) is 141 cm³/mol. The molecule has 0 bridgehead atoms. The maximum Gasteiger partial charge on any atom is 0.261 e. The van der Waals surface area contributed by atoms with E-state index in [1.165, 1.54) is 0 Å². The van der Waals surface area contributed by atoms with Gasteiger partial charge < -0.3 is 15.0 Å². The van der Waals surface area contributed by atoms with Gasteiger partial charge in [-0.25, -0.2) is 0 Å². The summed E-state index contributed by atoms with van der Waals surface area (Å²) in [6.07, 6.45) is 4.66. The van der Waals surface area contributed by atoms with Crippen LogP contribution < -0.4 is 10.1 Å². The van der Waals surface area contributed by atoms with E-state index >= 15 is 0 Å². The summed E-state index contributed by atoms with van der Waals surface area (Å²) in [5.41, 5.74) is 1.96. The van der Waals surface area contributed by atoms with E-state index in [9.17, 15) is 9.59 Å². The van der Waals surface area contributed by atoms with Crippen LogP contribution in [0.1, 0.15) is 36.8 Å². The van der Waals surface area contributed by atoms with Gasteiger partial charge in [0.1, 0.15) is 11.8 Å². The third-order valence-corrected chi connectivity index (χ3v) is 6.87. The molecule has 0 heterocycles. The molecule has 4 rings (SSSR count). The summed E-state index contributed by atoms with van der Waals surface area (Å²) in [6.45, 7) is 0.183. The topological polar surface area (TPSA) is 58.6 Å². The van der Waals surface area contributed by atoms with Gasteiger partial charge in [-0.15, -0.1) is 0 Å². The number of nitrogens with one attached hydrogen (secondary N) is 1. The lowest BCUT2D eigenvalue weighted by atomic mass is 10.0. The molecule has 1 fully saturated rings. The molecule has 2 amide bonds. The zero-order valence-electron chi connectivity index (χ0n) is 19.7. The van der Waals surface area contributed by atoms with E-state index in [2.05, 4.69) is 21.2 Å². The molecule has 3 aromatic carbocycles. The van der Waals surface area contributed by atoms with Crippen LogP contribution in [0.2, 0.25) is 0 Å². The van der Waals surface area contributed by atoms with Crippen molar-refractivity contribution in [3.05, 3.63) is 101 Å². The monoisotopic (exact) mass is 534 g/mol. The minimum atomic E-state index is -0.645. The molecule has 0 saturated heterocycles. The second kappa shape index (κ2) is 12.5. The average molecular weight is 535 g/mol. The molecule has 1 saturated carbocycles. The van der Waals surface area contributed by atoms with Crippen molar-refractivity contribution < 1.29 is 14.3 Å². The number of carbonyl (C=O) groups excluding carboxylic acids is 2. The van der Waals surface area contributed by atoms with Gasteiger partial charge in [0.2, 0.25) is 5.91 Å². The van der Waals surface area contributed by atoms with Gasteiger partial charge in [-0.3, -0.25) is 9.59 Å². The van der Waals surface area contributed by atoms with Gasteiger partial charge in [-0.05, 0) is 48.2 Å². The number of rotatable bonds is 10. The Hall–Kier alpha value is -3.12. The maximum absolute atomic E-state index is 13.6. The van der Waals surface area contributed by atoms with Crippen LogP contribution in [0.25, 0.3) is 0 Å². The Morgan fingerprint density at radius 3 is 2.17 bits per heavy atom. The van der Waals surface area contributed by atoms with Crippen molar-refractivity contribution in [2.24, 2.45) is 0 Å². The van der Waals surface area contributed by atoms with Crippen LogP contribution in [0, 0.1) is 0 Å². The molecule has 0 spiro atoms. The number of para-hydroxylation sites is 1. The first-order valence-corrected chi connectivity index (χ1v) is 12.9. The lowest BCUT2D eigenvalue weighted by Gasteiger charge is -2.32. The van der Waals surface area contributed by atoms with Gasteiger partial charge in [0.05, 0.1) is 0 Å². The first-order chi connectivity index (χ1) is 17.1. The Labute approximate surface area is 215 Å². The van der Waals surface area contributed by atoms with Crippen molar-refractivity contribution >= 4 is 27.7 Å². The summed E-state index contributed by atoms with van der Waals surface area (Å²) in [4.78, 5) is 28.9.